The number of rotatable bonds is 8. The number of likely N-dealkylation sites (N-methyl/N-ethyl adjacent to an activating group) is 1. The highest BCUT2D eigenvalue weighted by atomic mass is 32.2. The molecule has 186 valence electrons. The molecule has 2 aromatic rings. The van der Waals surface area contributed by atoms with Gasteiger partial charge in [-0.25, -0.2) is 8.42 Å². The van der Waals surface area contributed by atoms with Crippen LogP contribution in [0.3, 0.4) is 0 Å². The Bertz CT molecular complexity index is 1090. The molecule has 1 amide bonds. The summed E-state index contributed by atoms with van der Waals surface area (Å²) in [5.41, 5.74) is 0.899. The lowest BCUT2D eigenvalue weighted by Crippen LogP contribution is -2.47. The highest BCUT2D eigenvalue weighted by molar-refractivity contribution is 7.92. The molecule has 10 heteroatoms. The maximum Gasteiger partial charge on any atom is 0.261 e. The smallest absolute Gasteiger partial charge is 0.261 e. The summed E-state index contributed by atoms with van der Waals surface area (Å²) in [6, 6.07) is 10.7. The van der Waals surface area contributed by atoms with E-state index in [1.807, 2.05) is 14.0 Å². The van der Waals surface area contributed by atoms with E-state index in [-0.39, 0.29) is 41.9 Å². The first-order valence-corrected chi connectivity index (χ1v) is 12.7. The van der Waals surface area contributed by atoms with Gasteiger partial charge in [-0.3, -0.25) is 9.52 Å². The lowest BCUT2D eigenvalue weighted by atomic mass is 10.0. The molecular weight excluding hydrogens is 458 g/mol. The zero-order chi connectivity index (χ0) is 24.9. The molecule has 0 aromatic heterocycles. The summed E-state index contributed by atoms with van der Waals surface area (Å²) in [6.45, 7) is 4.68. The first kappa shape index (κ1) is 25.8. The van der Waals surface area contributed by atoms with Gasteiger partial charge in [0.15, 0.2) is 0 Å². The summed E-state index contributed by atoms with van der Waals surface area (Å²) in [4.78, 5) is 14.9. The van der Waals surface area contributed by atoms with E-state index in [0.29, 0.717) is 35.8 Å². The van der Waals surface area contributed by atoms with Gasteiger partial charge in [0.1, 0.15) is 17.6 Å². The standard InChI is InChI=1S/C24H33N3O6S/c1-16-14-27(17(2)15-28)24(29)12-18-11-19(5-10-22(18)33-23(16)13-25-3)26-34(30,31)21-8-6-20(32-4)7-9-21/h5-11,16-17,23,25-26,28H,12-15H2,1-4H3/t16-,17-,23+/m0/s1. The second kappa shape index (κ2) is 11.1. The van der Waals surface area contributed by atoms with Crippen molar-refractivity contribution in [2.45, 2.75) is 37.3 Å². The molecule has 1 aliphatic heterocycles. The van der Waals surface area contributed by atoms with E-state index in [2.05, 4.69) is 10.0 Å². The molecule has 3 rings (SSSR count). The minimum atomic E-state index is -3.84. The number of fused-ring (bicyclic) bond motifs is 1. The first-order valence-electron chi connectivity index (χ1n) is 11.2. The van der Waals surface area contributed by atoms with Crippen LogP contribution in [-0.2, 0) is 21.2 Å². The van der Waals surface area contributed by atoms with Crippen molar-refractivity contribution in [1.29, 1.82) is 0 Å². The fourth-order valence-corrected chi connectivity index (χ4v) is 4.96. The molecule has 0 radical (unpaired) electrons. The second-order valence-corrected chi connectivity index (χ2v) is 10.2. The van der Waals surface area contributed by atoms with Gasteiger partial charge in [-0.2, -0.15) is 0 Å². The minimum absolute atomic E-state index is 0.00426. The maximum absolute atomic E-state index is 13.2. The van der Waals surface area contributed by atoms with Crippen LogP contribution in [0.25, 0.3) is 0 Å². The number of sulfonamides is 1. The van der Waals surface area contributed by atoms with E-state index in [1.54, 1.807) is 42.2 Å². The normalized spacial score (nSPS) is 19.8. The molecule has 0 fully saturated rings. The summed E-state index contributed by atoms with van der Waals surface area (Å²) in [5.74, 6) is 0.938. The number of amides is 1. The van der Waals surface area contributed by atoms with Gasteiger partial charge in [0.05, 0.1) is 31.1 Å². The summed E-state index contributed by atoms with van der Waals surface area (Å²) >= 11 is 0. The third kappa shape index (κ3) is 5.99. The fourth-order valence-electron chi connectivity index (χ4n) is 3.91. The number of aliphatic hydroxyl groups is 1. The van der Waals surface area contributed by atoms with Crippen LogP contribution in [0.2, 0.25) is 0 Å². The first-order chi connectivity index (χ1) is 16.2. The van der Waals surface area contributed by atoms with Crippen LogP contribution >= 0.6 is 0 Å². The largest absolute Gasteiger partial charge is 0.497 e. The van der Waals surface area contributed by atoms with Crippen molar-refractivity contribution in [3.05, 3.63) is 48.0 Å². The average Bonchev–Trinajstić information content (AvgIpc) is 2.86. The molecule has 0 saturated heterocycles. The number of carbonyl (C=O) groups is 1. The van der Waals surface area contributed by atoms with Gasteiger partial charge in [-0.15, -0.1) is 0 Å². The molecule has 0 bridgehead atoms. The molecule has 3 atom stereocenters. The Morgan fingerprint density at radius 3 is 2.56 bits per heavy atom. The summed E-state index contributed by atoms with van der Waals surface area (Å²) in [5, 5.41) is 12.8. The SMILES string of the molecule is CNC[C@H]1Oc2ccc(NS(=O)(=O)c3ccc(OC)cc3)cc2CC(=O)N([C@@H](C)CO)C[C@@H]1C. The number of aliphatic hydroxyl groups excluding tert-OH is 1. The second-order valence-electron chi connectivity index (χ2n) is 8.55. The Kier molecular flexibility index (Phi) is 8.40. The summed E-state index contributed by atoms with van der Waals surface area (Å²) in [7, 11) is -0.500. The van der Waals surface area contributed by atoms with Gasteiger partial charge < -0.3 is 24.8 Å². The number of methoxy groups -OCH3 is 1. The van der Waals surface area contributed by atoms with E-state index in [0.717, 1.165) is 0 Å². The molecule has 1 aliphatic rings. The van der Waals surface area contributed by atoms with Crippen molar-refractivity contribution in [1.82, 2.24) is 10.2 Å². The van der Waals surface area contributed by atoms with Crippen molar-refractivity contribution in [2.24, 2.45) is 5.92 Å². The zero-order valence-electron chi connectivity index (χ0n) is 19.9. The molecule has 1 heterocycles. The van der Waals surface area contributed by atoms with Crippen molar-refractivity contribution in [3.8, 4) is 11.5 Å². The number of benzene rings is 2. The van der Waals surface area contributed by atoms with Crippen molar-refractivity contribution >= 4 is 21.6 Å². The number of ether oxygens (including phenoxy) is 2. The van der Waals surface area contributed by atoms with Gasteiger partial charge in [-0.1, -0.05) is 6.92 Å². The molecule has 0 spiro atoms. The van der Waals surface area contributed by atoms with Crippen LogP contribution in [0.4, 0.5) is 5.69 Å². The average molecular weight is 492 g/mol. The van der Waals surface area contributed by atoms with Crippen LogP contribution in [0, 0.1) is 5.92 Å². The van der Waals surface area contributed by atoms with Gasteiger partial charge in [0.25, 0.3) is 10.0 Å². The number of hydrogen-bond donors (Lipinski definition) is 3. The Morgan fingerprint density at radius 2 is 1.94 bits per heavy atom. The third-order valence-electron chi connectivity index (χ3n) is 5.94. The van der Waals surface area contributed by atoms with Gasteiger partial charge >= 0.3 is 0 Å². The lowest BCUT2D eigenvalue weighted by molar-refractivity contribution is -0.134. The van der Waals surface area contributed by atoms with Crippen LogP contribution in [-0.4, -0.2) is 70.3 Å². The molecule has 2 aromatic carbocycles. The Hall–Kier alpha value is -2.82. The molecular formula is C24H33N3O6S. The number of nitrogens with zero attached hydrogens (tertiary/aromatic N) is 1. The van der Waals surface area contributed by atoms with Crippen LogP contribution in [0.15, 0.2) is 47.4 Å². The zero-order valence-corrected chi connectivity index (χ0v) is 20.8. The monoisotopic (exact) mass is 491 g/mol. The van der Waals surface area contributed by atoms with E-state index in [4.69, 9.17) is 9.47 Å². The van der Waals surface area contributed by atoms with E-state index in [9.17, 15) is 18.3 Å². The number of hydrogen-bond acceptors (Lipinski definition) is 7. The van der Waals surface area contributed by atoms with Crippen LogP contribution in [0.5, 0.6) is 11.5 Å². The van der Waals surface area contributed by atoms with Gasteiger partial charge in [0.2, 0.25) is 5.91 Å². The number of nitrogens with one attached hydrogen (secondary N) is 2. The van der Waals surface area contributed by atoms with E-state index in [1.165, 1.54) is 19.2 Å². The molecule has 0 unspecified atom stereocenters. The lowest BCUT2D eigenvalue weighted by Gasteiger charge is -2.32. The molecule has 3 N–H and O–H groups in total. The highest BCUT2D eigenvalue weighted by Crippen LogP contribution is 2.30. The van der Waals surface area contributed by atoms with Crippen molar-refractivity contribution in [2.75, 3.05) is 38.6 Å². The van der Waals surface area contributed by atoms with Crippen LogP contribution < -0.4 is 19.5 Å². The van der Waals surface area contributed by atoms with Crippen LogP contribution in [0.1, 0.15) is 19.4 Å². The molecule has 0 saturated carbocycles. The highest BCUT2D eigenvalue weighted by Gasteiger charge is 2.30. The van der Waals surface area contributed by atoms with Crippen molar-refractivity contribution < 1.29 is 27.8 Å². The van der Waals surface area contributed by atoms with E-state index < -0.39 is 10.0 Å². The third-order valence-corrected chi connectivity index (χ3v) is 7.34. The summed E-state index contributed by atoms with van der Waals surface area (Å²) in [6.07, 6.45) is -0.193. The van der Waals surface area contributed by atoms with Gasteiger partial charge in [-0.05, 0) is 56.4 Å². The van der Waals surface area contributed by atoms with Crippen molar-refractivity contribution in [3.63, 3.8) is 0 Å². The predicted octanol–water partition coefficient (Wildman–Crippen LogP) is 1.86. The maximum atomic E-state index is 13.2. The quantitative estimate of drug-likeness (QED) is 0.516. The number of anilines is 1. The molecule has 0 aliphatic carbocycles. The fraction of sp³-hybridized carbons (Fsp3) is 0.458. The van der Waals surface area contributed by atoms with E-state index >= 15 is 0 Å². The van der Waals surface area contributed by atoms with Gasteiger partial charge in [0, 0.05) is 30.3 Å². The topological polar surface area (TPSA) is 117 Å². The minimum Gasteiger partial charge on any atom is -0.497 e. The molecule has 34 heavy (non-hydrogen) atoms. The molecule has 9 nitrogen and oxygen atoms in total. The Labute approximate surface area is 201 Å². The Morgan fingerprint density at radius 1 is 1.24 bits per heavy atom. The summed E-state index contributed by atoms with van der Waals surface area (Å²) < 4.78 is 39.7. The predicted molar refractivity (Wildman–Crippen MR) is 130 cm³/mol. The number of carbonyl (C=O) groups excluding carboxylic acids is 1. The Balaban J connectivity index is 1.94.